The first-order valence-corrected chi connectivity index (χ1v) is 6.54. The lowest BCUT2D eigenvalue weighted by molar-refractivity contribution is -0.139. The van der Waals surface area contributed by atoms with Gasteiger partial charge in [-0.2, -0.15) is 0 Å². The van der Waals surface area contributed by atoms with Gasteiger partial charge in [-0.1, -0.05) is 30.0 Å². The zero-order valence-corrected chi connectivity index (χ0v) is 10.2. The van der Waals surface area contributed by atoms with Crippen molar-refractivity contribution in [3.05, 3.63) is 30.3 Å². The monoisotopic (exact) mass is 252 g/mol. The zero-order valence-electron chi connectivity index (χ0n) is 9.34. The van der Waals surface area contributed by atoms with Crippen LogP contribution in [0.25, 0.3) is 0 Å². The van der Waals surface area contributed by atoms with E-state index in [2.05, 4.69) is 16.6 Å². The van der Waals surface area contributed by atoms with Gasteiger partial charge in [-0.25, -0.2) is 8.42 Å². The quantitative estimate of drug-likeness (QED) is 0.595. The SMILES string of the molecule is CC(=O)OCC#CCS(=O)(=O)c1ccccc1. The molecular weight excluding hydrogens is 240 g/mol. The first-order valence-electron chi connectivity index (χ1n) is 4.89. The number of hydrogen-bond acceptors (Lipinski definition) is 4. The summed E-state index contributed by atoms with van der Waals surface area (Å²) in [6.07, 6.45) is 0. The Hall–Kier alpha value is -1.80. The molecule has 90 valence electrons. The van der Waals surface area contributed by atoms with Crippen LogP contribution in [0, 0.1) is 11.8 Å². The van der Waals surface area contributed by atoms with Crippen LogP contribution in [0.15, 0.2) is 35.2 Å². The Kier molecular flexibility index (Phi) is 4.73. The molecule has 5 heteroatoms. The van der Waals surface area contributed by atoms with Crippen LogP contribution < -0.4 is 0 Å². The minimum atomic E-state index is -3.38. The smallest absolute Gasteiger partial charge is 0.303 e. The average Bonchev–Trinajstić information content (AvgIpc) is 2.29. The summed E-state index contributed by atoms with van der Waals surface area (Å²) in [5.41, 5.74) is 0. The molecule has 0 aliphatic heterocycles. The second-order valence-corrected chi connectivity index (χ2v) is 5.20. The molecule has 1 aromatic rings. The van der Waals surface area contributed by atoms with E-state index in [-0.39, 0.29) is 17.3 Å². The third-order valence-electron chi connectivity index (χ3n) is 1.84. The molecule has 0 radical (unpaired) electrons. The summed E-state index contributed by atoms with van der Waals surface area (Å²) < 4.78 is 28.0. The van der Waals surface area contributed by atoms with E-state index in [4.69, 9.17) is 0 Å². The molecular formula is C12H12O4S. The van der Waals surface area contributed by atoms with E-state index in [1.807, 2.05) is 0 Å². The summed E-state index contributed by atoms with van der Waals surface area (Å²) in [5, 5.41) is 0. The molecule has 0 spiro atoms. The maximum absolute atomic E-state index is 11.7. The summed E-state index contributed by atoms with van der Waals surface area (Å²) in [4.78, 5) is 10.7. The molecule has 0 aliphatic rings. The van der Waals surface area contributed by atoms with Gasteiger partial charge in [-0.15, -0.1) is 0 Å². The highest BCUT2D eigenvalue weighted by atomic mass is 32.2. The van der Waals surface area contributed by atoms with Gasteiger partial charge >= 0.3 is 5.97 Å². The van der Waals surface area contributed by atoms with Gasteiger partial charge in [0.2, 0.25) is 0 Å². The fourth-order valence-electron chi connectivity index (χ4n) is 1.05. The third-order valence-corrected chi connectivity index (χ3v) is 3.35. The van der Waals surface area contributed by atoms with Crippen LogP contribution in [0.3, 0.4) is 0 Å². The molecule has 1 rings (SSSR count). The summed E-state index contributed by atoms with van der Waals surface area (Å²) in [5.74, 6) is 4.22. The first kappa shape index (κ1) is 13.3. The predicted octanol–water partition coefficient (Wildman–Crippen LogP) is 1.03. The molecule has 0 fully saturated rings. The maximum Gasteiger partial charge on any atom is 0.303 e. The van der Waals surface area contributed by atoms with Crippen molar-refractivity contribution in [2.45, 2.75) is 11.8 Å². The van der Waals surface area contributed by atoms with E-state index in [0.29, 0.717) is 0 Å². The maximum atomic E-state index is 11.7. The molecule has 0 bridgehead atoms. The lowest BCUT2D eigenvalue weighted by Gasteiger charge is -1.98. The van der Waals surface area contributed by atoms with E-state index < -0.39 is 15.8 Å². The fraction of sp³-hybridized carbons (Fsp3) is 0.250. The number of carbonyl (C=O) groups excluding carboxylic acids is 1. The molecule has 0 aromatic heterocycles. The minimum Gasteiger partial charge on any atom is -0.453 e. The molecule has 0 atom stereocenters. The number of benzene rings is 1. The Morgan fingerprint density at radius 2 is 1.88 bits per heavy atom. The van der Waals surface area contributed by atoms with Crippen molar-refractivity contribution in [1.29, 1.82) is 0 Å². The van der Waals surface area contributed by atoms with Crippen molar-refractivity contribution < 1.29 is 17.9 Å². The summed E-state index contributed by atoms with van der Waals surface area (Å²) in [7, 11) is -3.38. The summed E-state index contributed by atoms with van der Waals surface area (Å²) in [6, 6.07) is 8.08. The number of carbonyl (C=O) groups is 1. The second-order valence-electron chi connectivity index (χ2n) is 3.21. The Labute approximate surface area is 101 Å². The lowest BCUT2D eigenvalue weighted by Crippen LogP contribution is -2.05. The Morgan fingerprint density at radius 3 is 2.47 bits per heavy atom. The van der Waals surface area contributed by atoms with Crippen LogP contribution in [0.4, 0.5) is 0 Å². The average molecular weight is 252 g/mol. The highest BCUT2D eigenvalue weighted by Crippen LogP contribution is 2.08. The van der Waals surface area contributed by atoms with E-state index in [1.54, 1.807) is 18.2 Å². The largest absolute Gasteiger partial charge is 0.453 e. The summed E-state index contributed by atoms with van der Waals surface area (Å²) in [6.45, 7) is 1.18. The predicted molar refractivity (Wildman–Crippen MR) is 62.9 cm³/mol. The molecule has 0 saturated heterocycles. The second kappa shape index (κ2) is 6.06. The van der Waals surface area contributed by atoms with Crippen LogP contribution in [-0.2, 0) is 19.4 Å². The highest BCUT2D eigenvalue weighted by molar-refractivity contribution is 7.91. The van der Waals surface area contributed by atoms with Gasteiger partial charge < -0.3 is 4.74 Å². The van der Waals surface area contributed by atoms with Crippen molar-refractivity contribution in [3.63, 3.8) is 0 Å². The number of sulfone groups is 1. The van der Waals surface area contributed by atoms with Crippen LogP contribution >= 0.6 is 0 Å². The molecule has 4 nitrogen and oxygen atoms in total. The fourth-order valence-corrected chi connectivity index (χ4v) is 2.08. The molecule has 0 aliphatic carbocycles. The van der Waals surface area contributed by atoms with Gasteiger partial charge in [0.05, 0.1) is 4.90 Å². The van der Waals surface area contributed by atoms with Crippen molar-refractivity contribution in [2.24, 2.45) is 0 Å². The molecule has 0 N–H and O–H groups in total. The van der Waals surface area contributed by atoms with Crippen LogP contribution in [0.2, 0.25) is 0 Å². The van der Waals surface area contributed by atoms with Crippen molar-refractivity contribution in [3.8, 4) is 11.8 Å². The van der Waals surface area contributed by atoms with Crippen molar-refractivity contribution >= 4 is 15.8 Å². The van der Waals surface area contributed by atoms with E-state index in [9.17, 15) is 13.2 Å². The van der Waals surface area contributed by atoms with Crippen LogP contribution in [0.1, 0.15) is 6.92 Å². The normalized spacial score (nSPS) is 10.2. The van der Waals surface area contributed by atoms with Gasteiger partial charge in [0.25, 0.3) is 0 Å². The standard InChI is InChI=1S/C12H12O4S/c1-11(13)16-9-5-6-10-17(14,15)12-7-3-2-4-8-12/h2-4,7-8H,9-10H2,1H3. The molecule has 0 heterocycles. The van der Waals surface area contributed by atoms with E-state index in [0.717, 1.165) is 0 Å². The Morgan fingerprint density at radius 1 is 1.24 bits per heavy atom. The Balaban J connectivity index is 2.60. The molecule has 1 aromatic carbocycles. The van der Waals surface area contributed by atoms with E-state index in [1.165, 1.54) is 19.1 Å². The first-order chi connectivity index (χ1) is 8.02. The van der Waals surface area contributed by atoms with Crippen molar-refractivity contribution in [1.82, 2.24) is 0 Å². The number of ether oxygens (including phenoxy) is 1. The number of rotatable bonds is 3. The Bertz CT molecular complexity index is 535. The number of esters is 1. The lowest BCUT2D eigenvalue weighted by atomic mass is 10.4. The zero-order chi connectivity index (χ0) is 12.7. The minimum absolute atomic E-state index is 0.0837. The van der Waals surface area contributed by atoms with Crippen LogP contribution in [0.5, 0.6) is 0 Å². The van der Waals surface area contributed by atoms with Crippen molar-refractivity contribution in [2.75, 3.05) is 12.4 Å². The molecule has 0 saturated carbocycles. The topological polar surface area (TPSA) is 60.4 Å². The highest BCUT2D eigenvalue weighted by Gasteiger charge is 2.11. The van der Waals surface area contributed by atoms with E-state index >= 15 is 0 Å². The summed E-state index contributed by atoms with van der Waals surface area (Å²) >= 11 is 0. The van der Waals surface area contributed by atoms with Gasteiger partial charge in [0.1, 0.15) is 5.75 Å². The van der Waals surface area contributed by atoms with Gasteiger partial charge in [0, 0.05) is 6.92 Å². The van der Waals surface area contributed by atoms with Gasteiger partial charge in [0.15, 0.2) is 16.4 Å². The molecule has 0 unspecified atom stereocenters. The molecule has 0 amide bonds. The number of hydrogen-bond donors (Lipinski definition) is 0. The van der Waals surface area contributed by atoms with Gasteiger partial charge in [-0.05, 0) is 12.1 Å². The van der Waals surface area contributed by atoms with Gasteiger partial charge in [-0.3, -0.25) is 4.79 Å². The molecule has 17 heavy (non-hydrogen) atoms. The third kappa shape index (κ3) is 4.70. The van der Waals surface area contributed by atoms with Crippen LogP contribution in [-0.4, -0.2) is 26.7 Å².